The minimum absolute atomic E-state index is 0.581. The summed E-state index contributed by atoms with van der Waals surface area (Å²) in [7, 11) is 0. The number of thiophene rings is 1. The number of halogens is 1. The van der Waals surface area contributed by atoms with E-state index in [1.807, 2.05) is 36.4 Å². The van der Waals surface area contributed by atoms with Gasteiger partial charge in [0.1, 0.15) is 23.2 Å². The van der Waals surface area contributed by atoms with Crippen LogP contribution >= 0.6 is 22.9 Å². The van der Waals surface area contributed by atoms with Gasteiger partial charge in [-0.25, -0.2) is 4.98 Å². The summed E-state index contributed by atoms with van der Waals surface area (Å²) in [4.78, 5) is 4.61. The predicted molar refractivity (Wildman–Crippen MR) is 96.8 cm³/mol. The van der Waals surface area contributed by atoms with Gasteiger partial charge in [0.15, 0.2) is 5.58 Å². The Morgan fingerprint density at radius 2 is 2.09 bits per heavy atom. The van der Waals surface area contributed by atoms with Gasteiger partial charge in [-0.2, -0.15) is 0 Å². The van der Waals surface area contributed by atoms with Gasteiger partial charge < -0.3 is 4.42 Å². The molecule has 0 N–H and O–H groups in total. The predicted octanol–water partition coefficient (Wildman–Crippen LogP) is 6.16. The van der Waals surface area contributed by atoms with Crippen LogP contribution in [0.5, 0.6) is 0 Å². The van der Waals surface area contributed by atoms with E-state index in [9.17, 15) is 0 Å². The van der Waals surface area contributed by atoms with Gasteiger partial charge >= 0.3 is 0 Å². The van der Waals surface area contributed by atoms with Crippen molar-refractivity contribution in [2.75, 3.05) is 0 Å². The Labute approximate surface area is 141 Å². The molecule has 2 nitrogen and oxygen atoms in total. The maximum Gasteiger partial charge on any atom is 0.255 e. The highest BCUT2D eigenvalue weighted by Crippen LogP contribution is 2.42. The Morgan fingerprint density at radius 3 is 2.96 bits per heavy atom. The lowest BCUT2D eigenvalue weighted by Gasteiger charge is -1.96. The molecule has 0 saturated carbocycles. The zero-order valence-electron chi connectivity index (χ0n) is 11.8. The first kappa shape index (κ1) is 13.0. The Kier molecular flexibility index (Phi) is 2.70. The number of benzene rings is 2. The van der Waals surface area contributed by atoms with Crippen molar-refractivity contribution in [1.82, 2.24) is 4.98 Å². The van der Waals surface area contributed by atoms with Crippen molar-refractivity contribution in [3.05, 3.63) is 71.6 Å². The minimum atomic E-state index is 0.581. The first-order chi connectivity index (χ1) is 11.3. The molecule has 0 amide bonds. The fraction of sp³-hybridized carbons (Fsp3) is 0. The smallest absolute Gasteiger partial charge is 0.255 e. The Hall–Kier alpha value is -2.45. The molecule has 0 atom stereocenters. The van der Waals surface area contributed by atoms with Crippen molar-refractivity contribution in [3.8, 4) is 0 Å². The van der Waals surface area contributed by atoms with E-state index >= 15 is 0 Å². The summed E-state index contributed by atoms with van der Waals surface area (Å²) >= 11 is 8.39. The summed E-state index contributed by atoms with van der Waals surface area (Å²) in [6.07, 6.45) is 10.5. The van der Waals surface area contributed by atoms with Crippen LogP contribution in [0.4, 0.5) is 0 Å². The molecule has 0 fully saturated rings. The molecule has 0 spiro atoms. The fourth-order valence-corrected chi connectivity index (χ4v) is 4.41. The van der Waals surface area contributed by atoms with E-state index in [2.05, 4.69) is 29.3 Å². The second kappa shape index (κ2) is 4.77. The van der Waals surface area contributed by atoms with E-state index in [4.69, 9.17) is 16.0 Å². The Balaban J connectivity index is 1.85. The van der Waals surface area contributed by atoms with Gasteiger partial charge in [-0.15, -0.1) is 11.3 Å². The van der Waals surface area contributed by atoms with Crippen molar-refractivity contribution in [3.63, 3.8) is 0 Å². The molecule has 0 unspecified atom stereocenters. The van der Waals surface area contributed by atoms with Gasteiger partial charge in [0.05, 0.1) is 17.2 Å². The van der Waals surface area contributed by atoms with Crippen molar-refractivity contribution >= 4 is 59.8 Å². The number of aromatic nitrogens is 1. The molecule has 4 aromatic rings. The molecule has 0 bridgehead atoms. The summed E-state index contributed by atoms with van der Waals surface area (Å²) in [6.45, 7) is 0. The molecule has 2 aromatic carbocycles. The van der Waals surface area contributed by atoms with Gasteiger partial charge in [-0.05, 0) is 12.1 Å². The topological polar surface area (TPSA) is 26.0 Å². The second-order valence-corrected chi connectivity index (χ2v) is 6.78. The maximum atomic E-state index is 6.66. The van der Waals surface area contributed by atoms with Gasteiger partial charge in [0.2, 0.25) is 0 Å². The van der Waals surface area contributed by atoms with Crippen LogP contribution in [-0.4, -0.2) is 4.98 Å². The third-order valence-corrected chi connectivity index (χ3v) is 5.41. The highest BCUT2D eigenvalue weighted by atomic mass is 35.5. The number of allylic oxidation sites excluding steroid dienone is 6. The molecule has 108 valence electrons. The Morgan fingerprint density at radius 1 is 1.17 bits per heavy atom. The molecular weight excluding hydrogens is 326 g/mol. The summed E-state index contributed by atoms with van der Waals surface area (Å²) in [6, 6.07) is 10.3. The molecule has 0 radical (unpaired) electrons. The van der Waals surface area contributed by atoms with Crippen molar-refractivity contribution in [2.24, 2.45) is 0 Å². The van der Waals surface area contributed by atoms with Crippen LogP contribution in [0, 0.1) is 6.08 Å². The van der Waals surface area contributed by atoms with Crippen LogP contribution in [-0.2, 0) is 0 Å². The van der Waals surface area contributed by atoms with E-state index < -0.39 is 0 Å². The summed E-state index contributed by atoms with van der Waals surface area (Å²) in [5, 5.41) is 2.84. The van der Waals surface area contributed by atoms with Gasteiger partial charge in [-0.3, -0.25) is 0 Å². The van der Waals surface area contributed by atoms with E-state index in [-0.39, 0.29) is 0 Å². The standard InChI is InChI=1S/C19H9ClNOS/c20-17-16-12-8-4-5-9-14(12)23-15(16)10-13-18(17)22-19(21-13)11-6-2-1-3-7-11/h2-10H/q+1. The highest BCUT2D eigenvalue weighted by Gasteiger charge is 2.19. The van der Waals surface area contributed by atoms with Crippen LogP contribution in [0.1, 0.15) is 5.89 Å². The average Bonchev–Trinajstić information content (AvgIpc) is 3.17. The number of fused-ring (bicyclic) bond motifs is 4. The van der Waals surface area contributed by atoms with Crippen molar-refractivity contribution in [2.45, 2.75) is 0 Å². The molecule has 1 aliphatic carbocycles. The van der Waals surface area contributed by atoms with Crippen molar-refractivity contribution < 1.29 is 4.42 Å². The normalized spacial score (nSPS) is 13.9. The quantitative estimate of drug-likeness (QED) is 0.389. The zero-order valence-corrected chi connectivity index (χ0v) is 13.4. The SMILES string of the molecule is Clc1c2oc(C3=CC=[C+]C=C3)nc2cc2sc3ccccc3c12. The van der Waals surface area contributed by atoms with Crippen LogP contribution in [0.3, 0.4) is 0 Å². The monoisotopic (exact) mass is 334 g/mol. The van der Waals surface area contributed by atoms with Crippen LogP contribution in [0.15, 0.2) is 59.1 Å². The number of nitrogens with zero attached hydrogens (tertiary/aromatic N) is 1. The van der Waals surface area contributed by atoms with Crippen molar-refractivity contribution in [1.29, 1.82) is 0 Å². The lowest BCUT2D eigenvalue weighted by molar-refractivity contribution is 0.586. The molecule has 2 aromatic heterocycles. The lowest BCUT2D eigenvalue weighted by Crippen LogP contribution is -1.81. The Bertz CT molecular complexity index is 1180. The largest absolute Gasteiger partial charge is 0.432 e. The first-order valence-electron chi connectivity index (χ1n) is 7.18. The van der Waals surface area contributed by atoms with Gasteiger partial charge in [-0.1, -0.05) is 29.8 Å². The first-order valence-corrected chi connectivity index (χ1v) is 8.37. The molecule has 5 rings (SSSR count). The van der Waals surface area contributed by atoms with E-state index in [1.54, 1.807) is 11.3 Å². The van der Waals surface area contributed by atoms with Gasteiger partial charge in [0.25, 0.3) is 5.89 Å². The highest BCUT2D eigenvalue weighted by molar-refractivity contribution is 7.26. The van der Waals surface area contributed by atoms with Crippen LogP contribution in [0.2, 0.25) is 5.02 Å². The third-order valence-electron chi connectivity index (χ3n) is 3.93. The molecule has 1 aliphatic rings. The van der Waals surface area contributed by atoms with E-state index in [0.717, 1.165) is 26.6 Å². The fourth-order valence-electron chi connectivity index (χ4n) is 2.87. The van der Waals surface area contributed by atoms with Crippen LogP contribution < -0.4 is 0 Å². The molecular formula is C19H9ClNOS+. The molecule has 0 aliphatic heterocycles. The van der Waals surface area contributed by atoms with Crippen LogP contribution in [0.25, 0.3) is 36.8 Å². The summed E-state index contributed by atoms with van der Waals surface area (Å²) in [5.74, 6) is 0.581. The molecule has 2 heterocycles. The molecule has 0 saturated heterocycles. The maximum absolute atomic E-state index is 6.66. The number of hydrogen-bond acceptors (Lipinski definition) is 3. The van der Waals surface area contributed by atoms with Gasteiger partial charge in [0, 0.05) is 26.2 Å². The van der Waals surface area contributed by atoms with E-state index in [1.165, 1.54) is 4.70 Å². The third kappa shape index (κ3) is 1.88. The molecule has 4 heteroatoms. The second-order valence-electron chi connectivity index (χ2n) is 5.32. The molecule has 23 heavy (non-hydrogen) atoms. The lowest BCUT2D eigenvalue weighted by atomic mass is 10.1. The number of rotatable bonds is 1. The summed E-state index contributed by atoms with van der Waals surface area (Å²) < 4.78 is 8.31. The minimum Gasteiger partial charge on any atom is -0.432 e. The number of oxazole rings is 1. The zero-order chi connectivity index (χ0) is 15.4. The van der Waals surface area contributed by atoms with E-state index in [0.29, 0.717) is 16.5 Å². The average molecular weight is 335 g/mol. The summed E-state index contributed by atoms with van der Waals surface area (Å²) in [5.41, 5.74) is 2.35. The number of hydrogen-bond donors (Lipinski definition) is 0.